The lowest BCUT2D eigenvalue weighted by molar-refractivity contribution is -0.121. The molecule has 6 nitrogen and oxygen atoms in total. The number of ether oxygens (including phenoxy) is 1. The van der Waals surface area contributed by atoms with E-state index in [0.29, 0.717) is 17.6 Å². The number of nitrogen functional groups attached to an aromatic ring is 1. The zero-order valence-corrected chi connectivity index (χ0v) is 12.3. The number of aromatic nitrogens is 2. The number of aryl methyl sites for hydroxylation is 1. The normalized spacial score (nSPS) is 11.1. The van der Waals surface area contributed by atoms with Gasteiger partial charge in [-0.15, -0.1) is 0 Å². The van der Waals surface area contributed by atoms with Crippen molar-refractivity contribution < 1.29 is 13.9 Å². The summed E-state index contributed by atoms with van der Waals surface area (Å²) in [7, 11) is 1.39. The first-order valence-corrected chi connectivity index (χ1v) is 6.71. The monoisotopic (exact) mass is 294 g/mol. The maximum Gasteiger partial charge on any atom is 0.221 e. The van der Waals surface area contributed by atoms with Gasteiger partial charge in [-0.3, -0.25) is 4.79 Å². The van der Waals surface area contributed by atoms with Gasteiger partial charge in [0, 0.05) is 31.1 Å². The number of nitrogens with two attached hydrogens (primary N) is 1. The molecule has 0 bridgehead atoms. The number of hydrogen-bond donors (Lipinski definition) is 2. The minimum absolute atomic E-state index is 0.0691. The topological polar surface area (TPSA) is 82.2 Å². The Kier molecular flexibility index (Phi) is 4.30. The molecular weight excluding hydrogens is 275 g/mol. The Balaban J connectivity index is 2.27. The van der Waals surface area contributed by atoms with E-state index in [9.17, 15) is 9.18 Å². The fourth-order valence-corrected chi connectivity index (χ4v) is 2.14. The molecule has 1 aromatic carbocycles. The van der Waals surface area contributed by atoms with Crippen molar-refractivity contribution in [1.82, 2.24) is 14.9 Å². The molecule has 0 aliphatic carbocycles. The van der Waals surface area contributed by atoms with Crippen LogP contribution in [0.15, 0.2) is 12.1 Å². The molecule has 21 heavy (non-hydrogen) atoms. The average Bonchev–Trinajstić information content (AvgIpc) is 2.69. The maximum atomic E-state index is 13.6. The molecule has 1 aromatic heterocycles. The third kappa shape index (κ3) is 3.24. The second-order valence-corrected chi connectivity index (χ2v) is 5.07. The first-order chi connectivity index (χ1) is 9.92. The molecule has 1 amide bonds. The highest BCUT2D eigenvalue weighted by Crippen LogP contribution is 2.26. The maximum absolute atomic E-state index is 13.6. The van der Waals surface area contributed by atoms with Crippen molar-refractivity contribution in [2.24, 2.45) is 0 Å². The number of carbonyl (C=O) groups excluding carboxylic acids is 1. The number of benzene rings is 1. The number of carbonyl (C=O) groups is 1. The van der Waals surface area contributed by atoms with Crippen LogP contribution < -0.4 is 15.8 Å². The first-order valence-electron chi connectivity index (χ1n) is 6.71. The number of anilines is 1. The van der Waals surface area contributed by atoms with E-state index in [-0.39, 0.29) is 30.1 Å². The van der Waals surface area contributed by atoms with Crippen molar-refractivity contribution in [3.05, 3.63) is 17.9 Å². The van der Waals surface area contributed by atoms with Crippen LogP contribution in [-0.4, -0.2) is 28.6 Å². The largest absolute Gasteiger partial charge is 0.494 e. The van der Waals surface area contributed by atoms with E-state index in [1.807, 2.05) is 13.8 Å². The van der Waals surface area contributed by atoms with Crippen molar-refractivity contribution in [1.29, 1.82) is 0 Å². The van der Waals surface area contributed by atoms with Crippen LogP contribution >= 0.6 is 0 Å². The number of nitrogens with one attached hydrogen (secondary N) is 1. The molecule has 0 saturated carbocycles. The van der Waals surface area contributed by atoms with Gasteiger partial charge in [0.1, 0.15) is 0 Å². The highest BCUT2D eigenvalue weighted by atomic mass is 19.1. The molecule has 0 unspecified atom stereocenters. The van der Waals surface area contributed by atoms with Crippen LogP contribution in [0.3, 0.4) is 0 Å². The van der Waals surface area contributed by atoms with E-state index in [2.05, 4.69) is 10.3 Å². The molecule has 2 aromatic rings. The summed E-state index contributed by atoms with van der Waals surface area (Å²) in [4.78, 5) is 15.8. The second-order valence-electron chi connectivity index (χ2n) is 5.07. The Bertz CT molecular complexity index is 667. The molecule has 3 N–H and O–H groups in total. The number of fused-ring (bicyclic) bond motifs is 1. The highest BCUT2D eigenvalue weighted by Gasteiger charge is 2.14. The van der Waals surface area contributed by atoms with Gasteiger partial charge < -0.3 is 20.4 Å². The quantitative estimate of drug-likeness (QED) is 0.879. The molecule has 0 fully saturated rings. The van der Waals surface area contributed by atoms with Crippen molar-refractivity contribution in [3.8, 4) is 5.75 Å². The summed E-state index contributed by atoms with van der Waals surface area (Å²) >= 11 is 0. The fourth-order valence-electron chi connectivity index (χ4n) is 2.14. The summed E-state index contributed by atoms with van der Waals surface area (Å²) in [5, 5.41) is 2.81. The molecule has 0 spiro atoms. The molecule has 1 heterocycles. The standard InChI is InChI=1S/C14H19FN4O2/c1-8(2)17-13(20)4-5-19-11-7-12(21-3)9(15)6-10(11)18-14(19)16/h6-8H,4-5H2,1-3H3,(H2,16,18)(H,17,20). The smallest absolute Gasteiger partial charge is 0.221 e. The predicted molar refractivity (Wildman–Crippen MR) is 78.6 cm³/mol. The minimum Gasteiger partial charge on any atom is -0.494 e. The number of nitrogens with zero attached hydrogens (tertiary/aromatic N) is 2. The predicted octanol–water partition coefficient (Wildman–Crippen LogP) is 1.68. The number of amides is 1. The molecule has 7 heteroatoms. The van der Waals surface area contributed by atoms with Crippen LogP contribution in [0.1, 0.15) is 20.3 Å². The molecule has 114 valence electrons. The zero-order valence-electron chi connectivity index (χ0n) is 12.3. The van der Waals surface area contributed by atoms with E-state index in [1.165, 1.54) is 19.2 Å². The van der Waals surface area contributed by atoms with Crippen LogP contribution in [0.4, 0.5) is 10.3 Å². The zero-order chi connectivity index (χ0) is 15.6. The number of rotatable bonds is 5. The SMILES string of the molecule is COc1cc2c(cc1F)nc(N)n2CCC(=O)NC(C)C. The van der Waals surface area contributed by atoms with Crippen molar-refractivity contribution in [3.63, 3.8) is 0 Å². The summed E-state index contributed by atoms with van der Waals surface area (Å²) in [5.74, 6) is -0.196. The average molecular weight is 294 g/mol. The molecule has 0 aliphatic heterocycles. The van der Waals surface area contributed by atoms with Gasteiger partial charge in [0.2, 0.25) is 11.9 Å². The van der Waals surface area contributed by atoms with E-state index in [4.69, 9.17) is 10.5 Å². The summed E-state index contributed by atoms with van der Waals surface area (Å²) in [6.45, 7) is 4.16. The summed E-state index contributed by atoms with van der Waals surface area (Å²) in [5.41, 5.74) is 6.92. The van der Waals surface area contributed by atoms with Crippen LogP contribution in [0.25, 0.3) is 11.0 Å². The lowest BCUT2D eigenvalue weighted by Gasteiger charge is -2.10. The van der Waals surface area contributed by atoms with Crippen molar-refractivity contribution in [2.45, 2.75) is 32.9 Å². The van der Waals surface area contributed by atoms with Crippen LogP contribution in [0, 0.1) is 5.82 Å². The molecule has 0 saturated heterocycles. The summed E-state index contributed by atoms with van der Waals surface area (Å²) in [6.07, 6.45) is 0.271. The van der Waals surface area contributed by atoms with Gasteiger partial charge in [-0.05, 0) is 13.8 Å². The van der Waals surface area contributed by atoms with Crippen LogP contribution in [0.5, 0.6) is 5.75 Å². The Morgan fingerprint density at radius 2 is 2.24 bits per heavy atom. The minimum atomic E-state index is -0.493. The van der Waals surface area contributed by atoms with Gasteiger partial charge in [0.05, 0.1) is 18.1 Å². The lowest BCUT2D eigenvalue weighted by atomic mass is 10.2. The lowest BCUT2D eigenvalue weighted by Crippen LogP contribution is -2.30. The molecule has 0 aliphatic rings. The molecule has 0 atom stereocenters. The van der Waals surface area contributed by atoms with E-state index < -0.39 is 5.82 Å². The van der Waals surface area contributed by atoms with Gasteiger partial charge in [0.25, 0.3) is 0 Å². The highest BCUT2D eigenvalue weighted by molar-refractivity contribution is 5.81. The number of halogens is 1. The number of imidazole rings is 1. The Morgan fingerprint density at radius 3 is 2.86 bits per heavy atom. The van der Waals surface area contributed by atoms with Crippen molar-refractivity contribution in [2.75, 3.05) is 12.8 Å². The fraction of sp³-hybridized carbons (Fsp3) is 0.429. The van der Waals surface area contributed by atoms with Gasteiger partial charge >= 0.3 is 0 Å². The molecule has 0 radical (unpaired) electrons. The van der Waals surface area contributed by atoms with Crippen molar-refractivity contribution >= 4 is 22.9 Å². The van der Waals surface area contributed by atoms with E-state index in [1.54, 1.807) is 4.57 Å². The first kappa shape index (κ1) is 15.1. The Labute approximate surface area is 122 Å². The van der Waals surface area contributed by atoms with Crippen LogP contribution in [-0.2, 0) is 11.3 Å². The number of methoxy groups -OCH3 is 1. The Hall–Kier alpha value is -2.31. The molecule has 2 rings (SSSR count). The second kappa shape index (κ2) is 5.99. The van der Waals surface area contributed by atoms with E-state index >= 15 is 0 Å². The third-order valence-electron chi connectivity index (χ3n) is 3.06. The van der Waals surface area contributed by atoms with Gasteiger partial charge in [-0.2, -0.15) is 0 Å². The third-order valence-corrected chi connectivity index (χ3v) is 3.06. The van der Waals surface area contributed by atoms with Crippen LogP contribution in [0.2, 0.25) is 0 Å². The van der Waals surface area contributed by atoms with Gasteiger partial charge in [-0.1, -0.05) is 0 Å². The summed E-state index contributed by atoms with van der Waals surface area (Å²) in [6, 6.07) is 2.90. The Morgan fingerprint density at radius 1 is 1.52 bits per heavy atom. The summed E-state index contributed by atoms with van der Waals surface area (Å²) < 4.78 is 20.3. The van der Waals surface area contributed by atoms with E-state index in [0.717, 1.165) is 0 Å². The number of hydrogen-bond acceptors (Lipinski definition) is 4. The molecular formula is C14H19FN4O2. The van der Waals surface area contributed by atoms with Gasteiger partial charge in [0.15, 0.2) is 11.6 Å². The van der Waals surface area contributed by atoms with Gasteiger partial charge in [-0.25, -0.2) is 9.37 Å².